The van der Waals surface area contributed by atoms with E-state index in [-0.39, 0.29) is 24.4 Å². The van der Waals surface area contributed by atoms with Gasteiger partial charge in [-0.2, -0.15) is 0 Å². The maximum absolute atomic E-state index is 13.1. The smallest absolute Gasteiger partial charge is 0.237 e. The number of carbonyl (C=O) groups excluding carboxylic acids is 2. The van der Waals surface area contributed by atoms with Crippen molar-refractivity contribution in [2.45, 2.75) is 24.9 Å². The molecule has 2 amide bonds. The average molecular weight is 480 g/mol. The molecule has 0 unspecified atom stereocenters. The Hall–Kier alpha value is -3.42. The first-order chi connectivity index (χ1) is 16.3. The number of amides is 2. The molecule has 0 aliphatic heterocycles. The van der Waals surface area contributed by atoms with Crippen LogP contribution >= 0.6 is 11.6 Å². The fraction of sp³-hybridized carbons (Fsp3) is 0.269. The molecule has 0 spiro atoms. The summed E-state index contributed by atoms with van der Waals surface area (Å²) in [4.78, 5) is 32.2. The Morgan fingerprint density at radius 2 is 1.74 bits per heavy atom. The number of halogens is 1. The topological polar surface area (TPSA) is 100 Å². The summed E-state index contributed by atoms with van der Waals surface area (Å²) in [6, 6.07) is 20.1. The molecule has 0 saturated carbocycles. The molecule has 2 aromatic carbocycles. The van der Waals surface area contributed by atoms with Crippen LogP contribution in [0.5, 0.6) is 0 Å². The average Bonchev–Trinajstić information content (AvgIpc) is 2.82. The SMILES string of the molecule is CN(C)[C@H](Cc1ccccc1)C(=O)NC[C@H](C(=O)NCc1ccc(N)nc1)c1cccc(Cl)c1. The molecule has 1 heterocycles. The van der Waals surface area contributed by atoms with Gasteiger partial charge in [-0.25, -0.2) is 4.98 Å². The van der Waals surface area contributed by atoms with E-state index in [1.165, 1.54) is 0 Å². The van der Waals surface area contributed by atoms with Gasteiger partial charge in [-0.05, 0) is 55.4 Å². The highest BCUT2D eigenvalue weighted by Crippen LogP contribution is 2.20. The summed E-state index contributed by atoms with van der Waals surface area (Å²) in [5.74, 6) is -0.551. The van der Waals surface area contributed by atoms with Crippen LogP contribution in [0.2, 0.25) is 5.02 Å². The first-order valence-electron chi connectivity index (χ1n) is 11.0. The number of nitrogens with two attached hydrogens (primary N) is 1. The monoisotopic (exact) mass is 479 g/mol. The van der Waals surface area contributed by atoms with E-state index < -0.39 is 5.92 Å². The highest BCUT2D eigenvalue weighted by atomic mass is 35.5. The number of aromatic nitrogens is 1. The van der Waals surface area contributed by atoms with Crippen molar-refractivity contribution in [1.29, 1.82) is 0 Å². The fourth-order valence-corrected chi connectivity index (χ4v) is 3.80. The second-order valence-corrected chi connectivity index (χ2v) is 8.77. The van der Waals surface area contributed by atoms with Crippen LogP contribution in [0.3, 0.4) is 0 Å². The number of anilines is 1. The molecule has 3 rings (SSSR count). The number of nitrogens with one attached hydrogen (secondary N) is 2. The quantitative estimate of drug-likeness (QED) is 0.415. The van der Waals surface area contributed by atoms with Crippen molar-refractivity contribution >= 4 is 29.2 Å². The maximum Gasteiger partial charge on any atom is 0.237 e. The summed E-state index contributed by atoms with van der Waals surface area (Å²) < 4.78 is 0. The Balaban J connectivity index is 1.70. The number of nitrogen functional groups attached to an aromatic ring is 1. The van der Waals surface area contributed by atoms with Gasteiger partial charge in [-0.15, -0.1) is 0 Å². The van der Waals surface area contributed by atoms with E-state index in [0.29, 0.717) is 23.8 Å². The lowest BCUT2D eigenvalue weighted by Crippen LogP contribution is -2.47. The highest BCUT2D eigenvalue weighted by Gasteiger charge is 2.25. The molecule has 34 heavy (non-hydrogen) atoms. The molecule has 0 aliphatic rings. The van der Waals surface area contributed by atoms with Gasteiger partial charge in [0.05, 0.1) is 12.0 Å². The molecule has 2 atom stereocenters. The largest absolute Gasteiger partial charge is 0.384 e. The normalized spacial score (nSPS) is 12.7. The Morgan fingerprint density at radius 1 is 0.971 bits per heavy atom. The molecule has 4 N–H and O–H groups in total. The van der Waals surface area contributed by atoms with Gasteiger partial charge in [0.1, 0.15) is 5.82 Å². The van der Waals surface area contributed by atoms with E-state index in [1.807, 2.05) is 61.5 Å². The minimum absolute atomic E-state index is 0.142. The second-order valence-electron chi connectivity index (χ2n) is 8.33. The van der Waals surface area contributed by atoms with Crippen LogP contribution in [-0.4, -0.2) is 48.4 Å². The van der Waals surface area contributed by atoms with Crippen molar-refractivity contribution in [2.75, 3.05) is 26.4 Å². The van der Waals surface area contributed by atoms with E-state index in [0.717, 1.165) is 16.7 Å². The molecule has 8 heteroatoms. The van der Waals surface area contributed by atoms with Gasteiger partial charge >= 0.3 is 0 Å². The van der Waals surface area contributed by atoms with Crippen LogP contribution in [0.15, 0.2) is 72.9 Å². The number of hydrogen-bond acceptors (Lipinski definition) is 5. The number of rotatable bonds is 10. The zero-order chi connectivity index (χ0) is 24.5. The summed E-state index contributed by atoms with van der Waals surface area (Å²) in [7, 11) is 3.74. The second kappa shape index (κ2) is 12.2. The standard InChI is InChI=1S/C26H30ClN5O2/c1-32(2)23(13-18-7-4-3-5-8-18)26(34)31-17-22(20-9-6-10-21(27)14-20)25(33)30-16-19-11-12-24(28)29-15-19/h3-12,14-15,22-23H,13,16-17H2,1-2H3,(H2,28,29)(H,30,33)(H,31,34)/t22-,23+/m0/s1. The molecule has 0 aliphatic carbocycles. The minimum atomic E-state index is -0.607. The third-order valence-electron chi connectivity index (χ3n) is 5.56. The van der Waals surface area contributed by atoms with Gasteiger partial charge in [0.15, 0.2) is 0 Å². The molecule has 178 valence electrons. The van der Waals surface area contributed by atoms with Crippen LogP contribution < -0.4 is 16.4 Å². The van der Waals surface area contributed by atoms with Crippen molar-refractivity contribution in [1.82, 2.24) is 20.5 Å². The van der Waals surface area contributed by atoms with Crippen LogP contribution in [0.4, 0.5) is 5.82 Å². The predicted molar refractivity (Wildman–Crippen MR) is 135 cm³/mol. The van der Waals surface area contributed by atoms with Crippen molar-refractivity contribution in [2.24, 2.45) is 0 Å². The zero-order valence-corrected chi connectivity index (χ0v) is 20.1. The fourth-order valence-electron chi connectivity index (χ4n) is 3.61. The highest BCUT2D eigenvalue weighted by molar-refractivity contribution is 6.30. The van der Waals surface area contributed by atoms with Gasteiger partial charge in [0.2, 0.25) is 11.8 Å². The van der Waals surface area contributed by atoms with E-state index in [2.05, 4.69) is 15.6 Å². The first-order valence-corrected chi connectivity index (χ1v) is 11.4. The van der Waals surface area contributed by atoms with Crippen molar-refractivity contribution in [3.8, 4) is 0 Å². The molecule has 7 nitrogen and oxygen atoms in total. The van der Waals surface area contributed by atoms with E-state index in [1.54, 1.807) is 30.5 Å². The number of pyridine rings is 1. The number of nitrogens with zero attached hydrogens (tertiary/aromatic N) is 2. The summed E-state index contributed by atoms with van der Waals surface area (Å²) in [6.07, 6.45) is 2.19. The number of likely N-dealkylation sites (N-methyl/N-ethyl adjacent to an activating group) is 1. The molecular formula is C26H30ClN5O2. The van der Waals surface area contributed by atoms with Crippen LogP contribution in [0.25, 0.3) is 0 Å². The van der Waals surface area contributed by atoms with Crippen molar-refractivity contribution < 1.29 is 9.59 Å². The lowest BCUT2D eigenvalue weighted by molar-refractivity contribution is -0.126. The first kappa shape index (κ1) is 25.2. The lowest BCUT2D eigenvalue weighted by Gasteiger charge is -2.25. The van der Waals surface area contributed by atoms with Crippen molar-refractivity contribution in [3.63, 3.8) is 0 Å². The van der Waals surface area contributed by atoms with Gasteiger partial charge in [0, 0.05) is 24.3 Å². The predicted octanol–water partition coefficient (Wildman–Crippen LogP) is 3.01. The van der Waals surface area contributed by atoms with Crippen LogP contribution in [0.1, 0.15) is 22.6 Å². The van der Waals surface area contributed by atoms with Crippen LogP contribution in [0, 0.1) is 0 Å². The van der Waals surface area contributed by atoms with E-state index >= 15 is 0 Å². The molecular weight excluding hydrogens is 450 g/mol. The Morgan fingerprint density at radius 3 is 2.38 bits per heavy atom. The molecule has 0 radical (unpaired) electrons. The molecule has 0 fully saturated rings. The third kappa shape index (κ3) is 7.30. The van der Waals surface area contributed by atoms with Gasteiger partial charge in [-0.1, -0.05) is 60.1 Å². The van der Waals surface area contributed by atoms with Gasteiger partial charge < -0.3 is 16.4 Å². The summed E-state index contributed by atoms with van der Waals surface area (Å²) in [5, 5.41) is 6.43. The molecule has 0 saturated heterocycles. The lowest BCUT2D eigenvalue weighted by atomic mass is 9.97. The number of carbonyl (C=O) groups is 2. The Bertz CT molecular complexity index is 1090. The maximum atomic E-state index is 13.1. The summed E-state index contributed by atoms with van der Waals surface area (Å²) >= 11 is 6.18. The number of benzene rings is 2. The Kier molecular flexibility index (Phi) is 9.01. The molecule has 1 aromatic heterocycles. The van der Waals surface area contributed by atoms with E-state index in [4.69, 9.17) is 17.3 Å². The summed E-state index contributed by atoms with van der Waals surface area (Å²) in [6.45, 7) is 0.440. The third-order valence-corrected chi connectivity index (χ3v) is 5.80. The molecule has 0 bridgehead atoms. The zero-order valence-electron chi connectivity index (χ0n) is 19.4. The Labute approximate surface area is 205 Å². The molecule has 3 aromatic rings. The van der Waals surface area contributed by atoms with Gasteiger partial charge in [0.25, 0.3) is 0 Å². The minimum Gasteiger partial charge on any atom is -0.384 e. The van der Waals surface area contributed by atoms with E-state index in [9.17, 15) is 9.59 Å². The van der Waals surface area contributed by atoms with Crippen LogP contribution in [-0.2, 0) is 22.6 Å². The van der Waals surface area contributed by atoms with Gasteiger partial charge in [-0.3, -0.25) is 14.5 Å². The number of hydrogen-bond donors (Lipinski definition) is 3. The summed E-state index contributed by atoms with van der Waals surface area (Å²) in [5.41, 5.74) is 8.25. The van der Waals surface area contributed by atoms with Crippen molar-refractivity contribution in [3.05, 3.63) is 94.6 Å².